The first kappa shape index (κ1) is 40.1. The monoisotopic (exact) mass is 278 g/mol. The SMILES string of the molecule is [Ag+].[La+3].[O-2].[O-2]. The number of hydrogen-bond donors (Lipinski definition) is 0. The minimum atomic E-state index is 0. The fraction of sp³-hybridized carbons (Fsp3) is 0. The van der Waals surface area contributed by atoms with Crippen molar-refractivity contribution in [1.82, 2.24) is 0 Å². The summed E-state index contributed by atoms with van der Waals surface area (Å²) in [6.07, 6.45) is 0. The van der Waals surface area contributed by atoms with Crippen LogP contribution in [0, 0.1) is 35.6 Å². The molecule has 0 radical (unpaired) electrons. The molecule has 0 aromatic heterocycles. The molecule has 0 spiro atoms. The van der Waals surface area contributed by atoms with Crippen LogP contribution in [0.1, 0.15) is 0 Å². The molecule has 0 atom stereocenters. The van der Waals surface area contributed by atoms with Gasteiger partial charge in [0, 0.05) is 0 Å². The largest absolute Gasteiger partial charge is 3.00 e. The standard InChI is InChI=1S/Ag.La.2O/q+1;+3;2*-2. The van der Waals surface area contributed by atoms with E-state index in [0.717, 1.165) is 0 Å². The van der Waals surface area contributed by atoms with Crippen molar-refractivity contribution in [3.05, 3.63) is 0 Å². The van der Waals surface area contributed by atoms with E-state index in [0.29, 0.717) is 0 Å². The minimum absolute atomic E-state index is 0. The van der Waals surface area contributed by atoms with Crippen molar-refractivity contribution in [2.45, 2.75) is 0 Å². The van der Waals surface area contributed by atoms with Gasteiger partial charge in [0.2, 0.25) is 0 Å². The zero-order valence-corrected chi connectivity index (χ0v) is 6.80. The van der Waals surface area contributed by atoms with Crippen molar-refractivity contribution in [2.75, 3.05) is 0 Å². The molecule has 0 N–H and O–H groups in total. The summed E-state index contributed by atoms with van der Waals surface area (Å²) in [5.41, 5.74) is 0. The molecule has 0 saturated carbocycles. The Labute approximate surface area is 68.1 Å². The topological polar surface area (TPSA) is 57.0 Å². The summed E-state index contributed by atoms with van der Waals surface area (Å²) >= 11 is 0. The Morgan fingerprint density at radius 3 is 0.750 bits per heavy atom. The summed E-state index contributed by atoms with van der Waals surface area (Å²) < 4.78 is 0. The van der Waals surface area contributed by atoms with Gasteiger partial charge < -0.3 is 11.0 Å². The summed E-state index contributed by atoms with van der Waals surface area (Å²) in [5, 5.41) is 0. The van der Waals surface area contributed by atoms with Gasteiger partial charge in [-0.15, -0.1) is 0 Å². The smallest absolute Gasteiger partial charge is 2.00 e. The van der Waals surface area contributed by atoms with Crippen LogP contribution in [0.2, 0.25) is 0 Å². The number of hydrogen-bond acceptors (Lipinski definition) is 0. The van der Waals surface area contributed by atoms with Crippen molar-refractivity contribution in [3.8, 4) is 0 Å². The Hall–Kier alpha value is 1.86. The Bertz CT molecular complexity index is 6.00. The summed E-state index contributed by atoms with van der Waals surface area (Å²) in [4.78, 5) is 0. The van der Waals surface area contributed by atoms with Gasteiger partial charge >= 0.3 is 58.0 Å². The summed E-state index contributed by atoms with van der Waals surface area (Å²) in [6, 6.07) is 0. The van der Waals surface area contributed by atoms with Crippen LogP contribution in [0.3, 0.4) is 0 Å². The Morgan fingerprint density at radius 2 is 0.750 bits per heavy atom. The average molecular weight is 279 g/mol. The predicted molar refractivity (Wildman–Crippen MR) is 1.37 cm³/mol. The van der Waals surface area contributed by atoms with Gasteiger partial charge in [-0.25, -0.2) is 0 Å². The molecule has 4 heteroatoms. The van der Waals surface area contributed by atoms with Gasteiger partial charge in [0.15, 0.2) is 0 Å². The Morgan fingerprint density at radius 1 is 0.750 bits per heavy atom. The van der Waals surface area contributed by atoms with Crippen LogP contribution >= 0.6 is 0 Å². The third-order valence-electron chi connectivity index (χ3n) is 0. The Balaban J connectivity index is 0. The van der Waals surface area contributed by atoms with E-state index < -0.39 is 0 Å². The van der Waals surface area contributed by atoms with Crippen LogP contribution in [0.25, 0.3) is 0 Å². The van der Waals surface area contributed by atoms with E-state index in [1.165, 1.54) is 0 Å². The van der Waals surface area contributed by atoms with Gasteiger partial charge in [0.25, 0.3) is 0 Å². The molecule has 26 valence electrons. The van der Waals surface area contributed by atoms with E-state index in [2.05, 4.69) is 0 Å². The second kappa shape index (κ2) is 21.0. The fourth-order valence-electron chi connectivity index (χ4n) is 0. The van der Waals surface area contributed by atoms with Crippen LogP contribution in [0.5, 0.6) is 0 Å². The van der Waals surface area contributed by atoms with Crippen molar-refractivity contribution in [1.29, 1.82) is 0 Å². The zero-order valence-electron chi connectivity index (χ0n) is 1.70. The van der Waals surface area contributed by atoms with E-state index in [1.54, 1.807) is 0 Å². The van der Waals surface area contributed by atoms with Crippen LogP contribution in [-0.4, -0.2) is 0 Å². The van der Waals surface area contributed by atoms with Gasteiger partial charge in [-0.2, -0.15) is 0 Å². The van der Waals surface area contributed by atoms with Gasteiger partial charge in [0.05, 0.1) is 0 Å². The first-order valence-corrected chi connectivity index (χ1v) is 0. The van der Waals surface area contributed by atoms with Crippen LogP contribution < -0.4 is 0 Å². The van der Waals surface area contributed by atoms with Crippen molar-refractivity contribution >= 4 is 0 Å². The van der Waals surface area contributed by atoms with E-state index in [4.69, 9.17) is 0 Å². The van der Waals surface area contributed by atoms with E-state index in [9.17, 15) is 0 Å². The molecule has 0 rings (SSSR count). The van der Waals surface area contributed by atoms with Gasteiger partial charge in [-0.05, 0) is 0 Å². The van der Waals surface area contributed by atoms with Crippen LogP contribution in [-0.2, 0) is 33.3 Å². The van der Waals surface area contributed by atoms with Gasteiger partial charge in [-0.3, -0.25) is 0 Å². The third kappa shape index (κ3) is 9.13. The van der Waals surface area contributed by atoms with Gasteiger partial charge in [-0.1, -0.05) is 0 Å². The molecule has 0 fully saturated rings. The second-order valence-electron chi connectivity index (χ2n) is 0. The molecule has 0 bridgehead atoms. The predicted octanol–water partition coefficient (Wildman–Crippen LogP) is -0.240. The molecule has 0 aliphatic rings. The Kier molecular flexibility index (Phi) is 210. The summed E-state index contributed by atoms with van der Waals surface area (Å²) in [7, 11) is 0. The van der Waals surface area contributed by atoms with Crippen LogP contribution in [0.4, 0.5) is 0 Å². The summed E-state index contributed by atoms with van der Waals surface area (Å²) in [6.45, 7) is 0. The molecule has 0 aromatic carbocycles. The van der Waals surface area contributed by atoms with E-state index >= 15 is 0 Å². The molecule has 0 unspecified atom stereocenters. The maximum absolute atomic E-state index is 0. The van der Waals surface area contributed by atoms with Gasteiger partial charge in [0.1, 0.15) is 0 Å². The fourth-order valence-corrected chi connectivity index (χ4v) is 0. The third-order valence-corrected chi connectivity index (χ3v) is 0. The maximum atomic E-state index is 0. The number of rotatable bonds is 0. The second-order valence-corrected chi connectivity index (χ2v) is 0. The normalized spacial score (nSPS) is 0. The zero-order chi connectivity index (χ0) is 0. The molecule has 2 nitrogen and oxygen atoms in total. The summed E-state index contributed by atoms with van der Waals surface area (Å²) in [5.74, 6) is 0. The minimum Gasteiger partial charge on any atom is -2.00 e. The van der Waals surface area contributed by atoms with Crippen molar-refractivity contribution in [3.63, 3.8) is 0 Å². The van der Waals surface area contributed by atoms with E-state index in [1.807, 2.05) is 0 Å². The van der Waals surface area contributed by atoms with E-state index in [-0.39, 0.29) is 68.9 Å². The molecule has 0 heterocycles. The first-order chi connectivity index (χ1) is 0. The molecule has 0 aliphatic heterocycles. The molecular weight excluding hydrogens is 279 g/mol. The first-order valence-electron chi connectivity index (χ1n) is 0. The molecule has 0 saturated heterocycles. The molecule has 0 aromatic rings. The van der Waals surface area contributed by atoms with Crippen molar-refractivity contribution < 1.29 is 68.9 Å². The maximum Gasteiger partial charge on any atom is 3.00 e. The van der Waals surface area contributed by atoms with Crippen LogP contribution in [0.15, 0.2) is 0 Å². The molecular formula is AgLaO2. The molecule has 4 heavy (non-hydrogen) atoms. The van der Waals surface area contributed by atoms with Crippen molar-refractivity contribution in [2.24, 2.45) is 0 Å². The molecule has 0 amide bonds. The molecule has 0 aliphatic carbocycles. The quantitative estimate of drug-likeness (QED) is 0.549. The average Bonchev–Trinajstić information content (AvgIpc) is 0.